The minimum Gasteiger partial charge on any atom is -0.314 e. The summed E-state index contributed by atoms with van der Waals surface area (Å²) in [6.07, 6.45) is 0.491. The highest BCUT2D eigenvalue weighted by atomic mass is 15.2. The van der Waals surface area contributed by atoms with Crippen molar-refractivity contribution in [1.82, 2.24) is 15.2 Å². The van der Waals surface area contributed by atoms with Gasteiger partial charge in [0.25, 0.3) is 0 Å². The molecule has 1 aliphatic heterocycles. The molecule has 0 radical (unpaired) electrons. The molecule has 1 atom stereocenters. The molecule has 0 spiro atoms. The van der Waals surface area contributed by atoms with Gasteiger partial charge in [0.2, 0.25) is 0 Å². The lowest BCUT2D eigenvalue weighted by Gasteiger charge is -2.33. The largest absolute Gasteiger partial charge is 0.314 e. The summed E-state index contributed by atoms with van der Waals surface area (Å²) < 4.78 is 0. The fraction of sp³-hybridized carbons (Fsp3) is 0.375. The maximum atomic E-state index is 9.12. The minimum absolute atomic E-state index is 0.103. The van der Waals surface area contributed by atoms with Crippen LogP contribution in [0.1, 0.15) is 18.2 Å². The molecule has 3 rings (SSSR count). The van der Waals surface area contributed by atoms with E-state index in [9.17, 15) is 0 Å². The van der Waals surface area contributed by atoms with E-state index in [2.05, 4.69) is 34.5 Å². The normalized spacial score (nSPS) is 17.8. The Morgan fingerprint density at radius 3 is 2.80 bits per heavy atom. The molecule has 1 aromatic carbocycles. The molecule has 4 nitrogen and oxygen atoms in total. The molecule has 102 valence electrons. The first kappa shape index (κ1) is 13.0. The van der Waals surface area contributed by atoms with Crippen molar-refractivity contribution in [3.05, 3.63) is 42.1 Å². The molecule has 1 aliphatic rings. The summed E-state index contributed by atoms with van der Waals surface area (Å²) in [5, 5.41) is 13.6. The van der Waals surface area contributed by atoms with E-state index in [1.54, 1.807) is 0 Å². The van der Waals surface area contributed by atoms with Gasteiger partial charge in [0, 0.05) is 31.6 Å². The molecule has 0 bridgehead atoms. The number of piperazine rings is 1. The molecule has 1 fully saturated rings. The minimum atomic E-state index is 0.103. The van der Waals surface area contributed by atoms with E-state index in [4.69, 9.17) is 10.2 Å². The van der Waals surface area contributed by atoms with Crippen LogP contribution >= 0.6 is 0 Å². The van der Waals surface area contributed by atoms with Gasteiger partial charge in [0.15, 0.2) is 0 Å². The van der Waals surface area contributed by atoms with E-state index in [0.29, 0.717) is 6.42 Å². The zero-order chi connectivity index (χ0) is 13.8. The average Bonchev–Trinajstić information content (AvgIpc) is 2.53. The molecule has 0 unspecified atom stereocenters. The van der Waals surface area contributed by atoms with Crippen LogP contribution < -0.4 is 5.32 Å². The Bertz CT molecular complexity index is 626. The second-order valence-electron chi connectivity index (χ2n) is 5.09. The van der Waals surface area contributed by atoms with Gasteiger partial charge in [-0.3, -0.25) is 9.88 Å². The number of aromatic nitrogens is 1. The van der Waals surface area contributed by atoms with Crippen molar-refractivity contribution < 1.29 is 0 Å². The maximum absolute atomic E-state index is 9.12. The summed E-state index contributed by atoms with van der Waals surface area (Å²) in [6, 6.07) is 14.7. The van der Waals surface area contributed by atoms with E-state index in [-0.39, 0.29) is 6.04 Å². The number of nitrogens with one attached hydrogen (secondary N) is 1. The Balaban J connectivity index is 1.93. The monoisotopic (exact) mass is 266 g/mol. The first-order valence-corrected chi connectivity index (χ1v) is 7.06. The van der Waals surface area contributed by atoms with E-state index in [1.165, 1.54) is 0 Å². The standard InChI is InChI=1S/C16H18N4/c17-8-7-16(20-11-9-18-10-12-20)15-6-5-13-3-1-2-4-14(13)19-15/h1-6,16,18H,7,9-12H2/t16-/m0/s1. The van der Waals surface area contributed by atoms with Gasteiger partial charge in [0.1, 0.15) is 0 Å². The van der Waals surface area contributed by atoms with Crippen molar-refractivity contribution in [1.29, 1.82) is 5.26 Å². The van der Waals surface area contributed by atoms with E-state index >= 15 is 0 Å². The first-order chi connectivity index (χ1) is 9.88. The molecule has 20 heavy (non-hydrogen) atoms. The first-order valence-electron chi connectivity index (χ1n) is 7.06. The predicted octanol–water partition coefficient (Wildman–Crippen LogP) is 2.09. The van der Waals surface area contributed by atoms with E-state index in [0.717, 1.165) is 42.8 Å². The zero-order valence-electron chi connectivity index (χ0n) is 11.4. The third kappa shape index (κ3) is 2.64. The molecule has 0 saturated carbocycles. The second-order valence-corrected chi connectivity index (χ2v) is 5.09. The summed E-state index contributed by atoms with van der Waals surface area (Å²) in [5.74, 6) is 0. The maximum Gasteiger partial charge on any atom is 0.0706 e. The van der Waals surface area contributed by atoms with E-state index < -0.39 is 0 Å². The molecule has 1 N–H and O–H groups in total. The summed E-state index contributed by atoms with van der Waals surface area (Å²) in [4.78, 5) is 7.11. The van der Waals surface area contributed by atoms with Gasteiger partial charge in [-0.1, -0.05) is 24.3 Å². The fourth-order valence-electron chi connectivity index (χ4n) is 2.77. The van der Waals surface area contributed by atoms with Gasteiger partial charge in [-0.05, 0) is 12.1 Å². The summed E-state index contributed by atoms with van der Waals surface area (Å²) in [6.45, 7) is 3.91. The topological polar surface area (TPSA) is 52.0 Å². The van der Waals surface area contributed by atoms with Crippen LogP contribution in [0.2, 0.25) is 0 Å². The van der Waals surface area contributed by atoms with Gasteiger partial charge in [-0.15, -0.1) is 0 Å². The number of hydrogen-bond acceptors (Lipinski definition) is 4. The van der Waals surface area contributed by atoms with Gasteiger partial charge in [0.05, 0.1) is 29.7 Å². The van der Waals surface area contributed by atoms with Crippen molar-refractivity contribution >= 4 is 10.9 Å². The number of hydrogen-bond donors (Lipinski definition) is 1. The van der Waals surface area contributed by atoms with Crippen LogP contribution in [-0.2, 0) is 0 Å². The highest BCUT2D eigenvalue weighted by Crippen LogP contribution is 2.24. The third-order valence-corrected chi connectivity index (χ3v) is 3.84. The fourth-order valence-corrected chi connectivity index (χ4v) is 2.77. The highest BCUT2D eigenvalue weighted by Gasteiger charge is 2.23. The third-order valence-electron chi connectivity index (χ3n) is 3.84. The number of para-hydroxylation sites is 1. The summed E-state index contributed by atoms with van der Waals surface area (Å²) in [5.41, 5.74) is 2.01. The molecular weight excluding hydrogens is 248 g/mol. The van der Waals surface area contributed by atoms with Crippen LogP contribution in [0.3, 0.4) is 0 Å². The smallest absolute Gasteiger partial charge is 0.0706 e. The Morgan fingerprint density at radius 1 is 1.20 bits per heavy atom. The molecule has 0 aliphatic carbocycles. The molecule has 1 saturated heterocycles. The van der Waals surface area contributed by atoms with Gasteiger partial charge >= 0.3 is 0 Å². The number of rotatable bonds is 3. The number of benzene rings is 1. The van der Waals surface area contributed by atoms with Gasteiger partial charge < -0.3 is 5.32 Å². The quantitative estimate of drug-likeness (QED) is 0.924. The van der Waals surface area contributed by atoms with Crippen LogP contribution in [0.5, 0.6) is 0 Å². The molecule has 0 amide bonds. The summed E-state index contributed by atoms with van der Waals surface area (Å²) in [7, 11) is 0. The van der Waals surface area contributed by atoms with Crippen molar-refractivity contribution in [3.8, 4) is 6.07 Å². The van der Waals surface area contributed by atoms with Crippen LogP contribution in [0.4, 0.5) is 0 Å². The SMILES string of the molecule is N#CC[C@@H](c1ccc2ccccc2n1)N1CCNCC1. The molecule has 2 heterocycles. The van der Waals surface area contributed by atoms with Crippen molar-refractivity contribution in [3.63, 3.8) is 0 Å². The Labute approximate surface area is 119 Å². The highest BCUT2D eigenvalue weighted by molar-refractivity contribution is 5.78. The lowest BCUT2D eigenvalue weighted by molar-refractivity contribution is 0.173. The van der Waals surface area contributed by atoms with Crippen molar-refractivity contribution in [2.45, 2.75) is 12.5 Å². The lowest BCUT2D eigenvalue weighted by Crippen LogP contribution is -2.45. The number of nitrogens with zero attached hydrogens (tertiary/aromatic N) is 3. The second kappa shape index (κ2) is 6.00. The predicted molar refractivity (Wildman–Crippen MR) is 79.2 cm³/mol. The van der Waals surface area contributed by atoms with Crippen molar-refractivity contribution in [2.24, 2.45) is 0 Å². The van der Waals surface area contributed by atoms with Crippen LogP contribution in [0.25, 0.3) is 10.9 Å². The van der Waals surface area contributed by atoms with Gasteiger partial charge in [-0.25, -0.2) is 0 Å². The van der Waals surface area contributed by atoms with Gasteiger partial charge in [-0.2, -0.15) is 5.26 Å². The Morgan fingerprint density at radius 2 is 2.00 bits per heavy atom. The van der Waals surface area contributed by atoms with Crippen molar-refractivity contribution in [2.75, 3.05) is 26.2 Å². The van der Waals surface area contributed by atoms with Crippen LogP contribution in [0.15, 0.2) is 36.4 Å². The lowest BCUT2D eigenvalue weighted by atomic mass is 10.1. The number of pyridine rings is 1. The molecular formula is C16H18N4. The van der Waals surface area contributed by atoms with Crippen LogP contribution in [-0.4, -0.2) is 36.1 Å². The number of fused-ring (bicyclic) bond motifs is 1. The molecule has 4 heteroatoms. The Hall–Kier alpha value is -1.96. The van der Waals surface area contributed by atoms with Crippen LogP contribution in [0, 0.1) is 11.3 Å². The zero-order valence-corrected chi connectivity index (χ0v) is 11.4. The molecule has 2 aromatic rings. The summed E-state index contributed by atoms with van der Waals surface area (Å²) >= 11 is 0. The Kier molecular flexibility index (Phi) is 3.91. The number of nitriles is 1. The molecule has 1 aromatic heterocycles. The van der Waals surface area contributed by atoms with E-state index in [1.807, 2.05) is 18.2 Å². The average molecular weight is 266 g/mol.